The number of rotatable bonds is 5. The van der Waals surface area contributed by atoms with Crippen LogP contribution < -0.4 is 5.32 Å². The summed E-state index contributed by atoms with van der Waals surface area (Å²) in [6.07, 6.45) is 3.98. The first-order valence-electron chi connectivity index (χ1n) is 6.13. The van der Waals surface area contributed by atoms with Gasteiger partial charge in [0.2, 0.25) is 0 Å². The topological polar surface area (TPSA) is 52.0 Å². The van der Waals surface area contributed by atoms with E-state index in [-0.39, 0.29) is 0 Å². The van der Waals surface area contributed by atoms with Crippen molar-refractivity contribution in [3.63, 3.8) is 0 Å². The molecule has 1 aliphatic heterocycles. The van der Waals surface area contributed by atoms with Crippen LogP contribution in [0, 0.1) is 0 Å². The molecule has 2 unspecified atom stereocenters. The van der Waals surface area contributed by atoms with Crippen molar-refractivity contribution in [3.05, 3.63) is 6.33 Å². The Bertz CT molecular complexity index is 344. The van der Waals surface area contributed by atoms with Gasteiger partial charge in [-0.2, -0.15) is 0 Å². The average Bonchev–Trinajstić information content (AvgIpc) is 2.74. The smallest absolute Gasteiger partial charge is 0.191 e. The second-order valence-corrected chi connectivity index (χ2v) is 5.51. The van der Waals surface area contributed by atoms with Crippen LogP contribution in [-0.4, -0.2) is 45.8 Å². The maximum absolute atomic E-state index is 5.56. The van der Waals surface area contributed by atoms with E-state index in [1.807, 2.05) is 11.6 Å². The normalized spacial score (nSPS) is 25.1. The molecule has 1 N–H and O–H groups in total. The minimum atomic E-state index is 0.429. The summed E-state index contributed by atoms with van der Waals surface area (Å²) in [5, 5.41) is 13.0. The maximum atomic E-state index is 5.56. The van der Waals surface area contributed by atoms with Gasteiger partial charge in [0.25, 0.3) is 0 Å². The SMILES string of the molecule is CCCNC1CCOCC1Sc1nncn1C. The molecule has 96 valence electrons. The van der Waals surface area contributed by atoms with Gasteiger partial charge in [0, 0.05) is 19.7 Å². The molecule has 5 nitrogen and oxygen atoms in total. The fourth-order valence-electron chi connectivity index (χ4n) is 1.91. The molecule has 1 aliphatic rings. The van der Waals surface area contributed by atoms with Crippen molar-refractivity contribution in [2.45, 2.75) is 36.2 Å². The highest BCUT2D eigenvalue weighted by molar-refractivity contribution is 7.99. The third-order valence-electron chi connectivity index (χ3n) is 2.89. The van der Waals surface area contributed by atoms with Gasteiger partial charge < -0.3 is 14.6 Å². The van der Waals surface area contributed by atoms with Crippen molar-refractivity contribution in [1.29, 1.82) is 0 Å². The van der Waals surface area contributed by atoms with Gasteiger partial charge in [-0.1, -0.05) is 18.7 Å². The van der Waals surface area contributed by atoms with Crippen molar-refractivity contribution in [2.75, 3.05) is 19.8 Å². The number of ether oxygens (including phenoxy) is 1. The minimum Gasteiger partial charge on any atom is -0.380 e. The molecule has 1 aromatic rings. The largest absolute Gasteiger partial charge is 0.380 e. The van der Waals surface area contributed by atoms with Gasteiger partial charge in [0.1, 0.15) is 6.33 Å². The van der Waals surface area contributed by atoms with E-state index in [9.17, 15) is 0 Å². The Labute approximate surface area is 106 Å². The van der Waals surface area contributed by atoms with Crippen LogP contribution in [-0.2, 0) is 11.8 Å². The van der Waals surface area contributed by atoms with Gasteiger partial charge >= 0.3 is 0 Å². The summed E-state index contributed by atoms with van der Waals surface area (Å²) in [4.78, 5) is 0. The van der Waals surface area contributed by atoms with Crippen LogP contribution >= 0.6 is 11.8 Å². The zero-order valence-electron chi connectivity index (χ0n) is 10.4. The summed E-state index contributed by atoms with van der Waals surface area (Å²) in [5.74, 6) is 0. The summed E-state index contributed by atoms with van der Waals surface area (Å²) >= 11 is 1.76. The fraction of sp³-hybridized carbons (Fsp3) is 0.818. The van der Waals surface area contributed by atoms with Crippen LogP contribution in [0.4, 0.5) is 0 Å². The standard InChI is InChI=1S/C11H20N4OS/c1-3-5-12-9-4-6-16-7-10(9)17-11-14-13-8-15(11)2/h8-10,12H,3-7H2,1-2H3. The number of thioether (sulfide) groups is 1. The highest BCUT2D eigenvalue weighted by Crippen LogP contribution is 2.27. The first kappa shape index (κ1) is 12.9. The van der Waals surface area contributed by atoms with E-state index in [1.54, 1.807) is 18.1 Å². The number of nitrogens with zero attached hydrogens (tertiary/aromatic N) is 3. The lowest BCUT2D eigenvalue weighted by atomic mass is 10.1. The highest BCUT2D eigenvalue weighted by atomic mass is 32.2. The van der Waals surface area contributed by atoms with Crippen LogP contribution in [0.25, 0.3) is 0 Å². The van der Waals surface area contributed by atoms with Crippen LogP contribution in [0.15, 0.2) is 11.5 Å². The molecule has 1 aromatic heterocycles. The Hall–Kier alpha value is -0.590. The monoisotopic (exact) mass is 256 g/mol. The molecule has 2 heterocycles. The van der Waals surface area contributed by atoms with Crippen molar-refractivity contribution in [1.82, 2.24) is 20.1 Å². The quantitative estimate of drug-likeness (QED) is 0.854. The molecule has 0 spiro atoms. The van der Waals surface area contributed by atoms with Crippen molar-refractivity contribution in [3.8, 4) is 0 Å². The number of aryl methyl sites for hydroxylation is 1. The minimum absolute atomic E-state index is 0.429. The lowest BCUT2D eigenvalue weighted by Gasteiger charge is -2.31. The Kier molecular flexibility index (Phi) is 4.82. The van der Waals surface area contributed by atoms with E-state index in [2.05, 4.69) is 22.4 Å². The molecule has 1 fully saturated rings. The maximum Gasteiger partial charge on any atom is 0.191 e. The Morgan fingerprint density at radius 1 is 1.65 bits per heavy atom. The van der Waals surface area contributed by atoms with Crippen LogP contribution in [0.1, 0.15) is 19.8 Å². The molecule has 0 radical (unpaired) electrons. The van der Waals surface area contributed by atoms with Crippen molar-refractivity contribution < 1.29 is 4.74 Å². The molecule has 2 rings (SSSR count). The summed E-state index contributed by atoms with van der Waals surface area (Å²) in [6, 6.07) is 0.519. The van der Waals surface area contributed by atoms with Gasteiger partial charge in [-0.15, -0.1) is 10.2 Å². The molecular weight excluding hydrogens is 236 g/mol. The molecular formula is C11H20N4OS. The van der Waals surface area contributed by atoms with E-state index in [0.29, 0.717) is 11.3 Å². The van der Waals surface area contributed by atoms with Gasteiger partial charge in [0.05, 0.1) is 11.9 Å². The molecule has 1 saturated heterocycles. The summed E-state index contributed by atoms with van der Waals surface area (Å²) in [7, 11) is 1.97. The lowest BCUT2D eigenvalue weighted by Crippen LogP contribution is -2.45. The Morgan fingerprint density at radius 3 is 3.24 bits per heavy atom. The number of aromatic nitrogens is 3. The second kappa shape index (κ2) is 6.37. The zero-order valence-corrected chi connectivity index (χ0v) is 11.2. The summed E-state index contributed by atoms with van der Waals surface area (Å²) in [6.45, 7) is 4.91. The average molecular weight is 256 g/mol. The molecule has 0 bridgehead atoms. The Balaban J connectivity index is 1.94. The first-order chi connectivity index (χ1) is 8.31. The van der Waals surface area contributed by atoms with Gasteiger partial charge in [0.15, 0.2) is 5.16 Å². The van der Waals surface area contributed by atoms with E-state index < -0.39 is 0 Å². The fourth-order valence-corrected chi connectivity index (χ4v) is 3.05. The molecule has 0 aromatic carbocycles. The van der Waals surface area contributed by atoms with Gasteiger partial charge in [-0.05, 0) is 19.4 Å². The molecule has 0 aliphatic carbocycles. The summed E-state index contributed by atoms with van der Waals surface area (Å²) in [5.41, 5.74) is 0. The number of nitrogens with one attached hydrogen (secondary N) is 1. The van der Waals surface area contributed by atoms with Crippen LogP contribution in [0.3, 0.4) is 0 Å². The third kappa shape index (κ3) is 3.43. The Morgan fingerprint density at radius 2 is 2.53 bits per heavy atom. The third-order valence-corrected chi connectivity index (χ3v) is 4.24. The molecule has 6 heteroatoms. The predicted molar refractivity (Wildman–Crippen MR) is 68.2 cm³/mol. The molecule has 0 amide bonds. The predicted octanol–water partition coefficient (Wildman–Crippen LogP) is 1.06. The van der Waals surface area contributed by atoms with E-state index in [4.69, 9.17) is 4.74 Å². The van der Waals surface area contributed by atoms with Crippen LogP contribution in [0.5, 0.6) is 0 Å². The highest BCUT2D eigenvalue weighted by Gasteiger charge is 2.27. The second-order valence-electron chi connectivity index (χ2n) is 4.30. The van der Waals surface area contributed by atoms with Crippen molar-refractivity contribution in [2.24, 2.45) is 7.05 Å². The first-order valence-corrected chi connectivity index (χ1v) is 7.01. The van der Waals surface area contributed by atoms with E-state index in [1.165, 1.54) is 6.42 Å². The van der Waals surface area contributed by atoms with E-state index in [0.717, 1.165) is 31.3 Å². The zero-order chi connectivity index (χ0) is 12.1. The molecule has 2 atom stereocenters. The summed E-state index contributed by atoms with van der Waals surface area (Å²) < 4.78 is 7.52. The molecule has 17 heavy (non-hydrogen) atoms. The van der Waals surface area contributed by atoms with Gasteiger partial charge in [-0.3, -0.25) is 0 Å². The van der Waals surface area contributed by atoms with Crippen LogP contribution in [0.2, 0.25) is 0 Å². The van der Waals surface area contributed by atoms with Crippen molar-refractivity contribution >= 4 is 11.8 Å². The van der Waals surface area contributed by atoms with Gasteiger partial charge in [-0.25, -0.2) is 0 Å². The number of hydrogen-bond acceptors (Lipinski definition) is 5. The lowest BCUT2D eigenvalue weighted by molar-refractivity contribution is 0.0832. The van der Waals surface area contributed by atoms with E-state index >= 15 is 0 Å². The molecule has 0 saturated carbocycles. The number of hydrogen-bond donors (Lipinski definition) is 1.